The van der Waals surface area contributed by atoms with E-state index in [0.717, 1.165) is 62.5 Å². The summed E-state index contributed by atoms with van der Waals surface area (Å²) in [6.07, 6.45) is 3.03. The predicted octanol–water partition coefficient (Wildman–Crippen LogP) is 5.69. The molecule has 0 radical (unpaired) electrons. The Balaban J connectivity index is 1.47. The maximum Gasteiger partial charge on any atom is 0.176 e. The van der Waals surface area contributed by atoms with Crippen LogP contribution in [0.25, 0.3) is 0 Å². The molecule has 0 aliphatic carbocycles. The SMILES string of the molecule is Cc1cccc(CN=Nc2cc(N3CCOCC3)cc(CCCc3ccccc3)n2)c1. The summed E-state index contributed by atoms with van der Waals surface area (Å²) in [5, 5.41) is 8.90. The normalized spacial score (nSPS) is 14.3. The molecule has 5 heteroatoms. The summed E-state index contributed by atoms with van der Waals surface area (Å²) in [6, 6.07) is 23.2. The first-order chi connectivity index (χ1) is 15.3. The van der Waals surface area contributed by atoms with Gasteiger partial charge in [-0.05, 0) is 43.4 Å². The molecule has 1 saturated heterocycles. The average molecular weight is 415 g/mol. The molecule has 0 spiro atoms. The van der Waals surface area contributed by atoms with E-state index in [4.69, 9.17) is 9.72 Å². The lowest BCUT2D eigenvalue weighted by molar-refractivity contribution is 0.122. The molecule has 1 aromatic heterocycles. The number of hydrogen-bond acceptors (Lipinski definition) is 5. The Hall–Kier alpha value is -3.05. The van der Waals surface area contributed by atoms with Crippen LogP contribution in [0, 0.1) is 6.92 Å². The smallest absolute Gasteiger partial charge is 0.176 e. The minimum absolute atomic E-state index is 0.564. The van der Waals surface area contributed by atoms with Gasteiger partial charge in [-0.3, -0.25) is 0 Å². The molecule has 0 saturated carbocycles. The van der Waals surface area contributed by atoms with Gasteiger partial charge in [-0.2, -0.15) is 5.11 Å². The van der Waals surface area contributed by atoms with Gasteiger partial charge in [-0.1, -0.05) is 60.2 Å². The number of aryl methyl sites for hydroxylation is 3. The standard InChI is InChI=1S/C26H30N4O/c1-21-7-5-11-23(17-21)20-27-29-26-19-25(30-13-15-31-16-14-30)18-24(28-26)12-6-10-22-8-3-2-4-9-22/h2-5,7-9,11,17-19H,6,10,12-16,20H2,1H3. The van der Waals surface area contributed by atoms with E-state index in [1.807, 2.05) is 6.07 Å². The van der Waals surface area contributed by atoms with E-state index in [1.165, 1.54) is 11.1 Å². The van der Waals surface area contributed by atoms with Gasteiger partial charge in [-0.15, -0.1) is 5.11 Å². The topological polar surface area (TPSA) is 50.1 Å². The van der Waals surface area contributed by atoms with Crippen LogP contribution in [-0.2, 0) is 24.1 Å². The third kappa shape index (κ3) is 6.46. The Morgan fingerprint density at radius 2 is 1.71 bits per heavy atom. The van der Waals surface area contributed by atoms with Gasteiger partial charge in [0.2, 0.25) is 0 Å². The van der Waals surface area contributed by atoms with Crippen molar-refractivity contribution >= 4 is 11.5 Å². The molecule has 160 valence electrons. The minimum atomic E-state index is 0.564. The van der Waals surface area contributed by atoms with E-state index in [-0.39, 0.29) is 0 Å². The molecule has 31 heavy (non-hydrogen) atoms. The fourth-order valence-electron chi connectivity index (χ4n) is 3.86. The fourth-order valence-corrected chi connectivity index (χ4v) is 3.86. The second-order valence-corrected chi connectivity index (χ2v) is 8.00. The van der Waals surface area contributed by atoms with Crippen LogP contribution < -0.4 is 4.90 Å². The summed E-state index contributed by atoms with van der Waals surface area (Å²) >= 11 is 0. The Bertz CT molecular complexity index is 997. The maximum absolute atomic E-state index is 5.52. The van der Waals surface area contributed by atoms with Crippen LogP contribution in [-0.4, -0.2) is 31.3 Å². The van der Waals surface area contributed by atoms with Gasteiger partial charge >= 0.3 is 0 Å². The van der Waals surface area contributed by atoms with Crippen molar-refractivity contribution in [3.8, 4) is 0 Å². The second-order valence-electron chi connectivity index (χ2n) is 8.00. The van der Waals surface area contributed by atoms with Crippen molar-refractivity contribution in [3.63, 3.8) is 0 Å². The van der Waals surface area contributed by atoms with Crippen molar-refractivity contribution in [2.45, 2.75) is 32.7 Å². The average Bonchev–Trinajstić information content (AvgIpc) is 2.80. The summed E-state index contributed by atoms with van der Waals surface area (Å²) in [6.45, 7) is 5.97. The lowest BCUT2D eigenvalue weighted by atomic mass is 10.1. The van der Waals surface area contributed by atoms with Crippen LogP contribution in [0.3, 0.4) is 0 Å². The molecule has 1 fully saturated rings. The Kier molecular flexibility index (Phi) is 7.40. The van der Waals surface area contributed by atoms with Crippen molar-refractivity contribution < 1.29 is 4.74 Å². The lowest BCUT2D eigenvalue weighted by Gasteiger charge is -2.29. The number of anilines is 1. The van der Waals surface area contributed by atoms with Gasteiger partial charge in [-0.25, -0.2) is 4.98 Å². The summed E-state index contributed by atoms with van der Waals surface area (Å²) in [7, 11) is 0. The van der Waals surface area contributed by atoms with Crippen molar-refractivity contribution in [3.05, 3.63) is 89.1 Å². The maximum atomic E-state index is 5.52. The Morgan fingerprint density at radius 1 is 0.903 bits per heavy atom. The molecule has 0 bridgehead atoms. The first-order valence-electron chi connectivity index (χ1n) is 11.1. The summed E-state index contributed by atoms with van der Waals surface area (Å²) in [5.74, 6) is 0.686. The molecule has 0 unspecified atom stereocenters. The van der Waals surface area contributed by atoms with E-state index >= 15 is 0 Å². The van der Waals surface area contributed by atoms with E-state index in [9.17, 15) is 0 Å². The highest BCUT2D eigenvalue weighted by atomic mass is 16.5. The molecule has 0 N–H and O–H groups in total. The van der Waals surface area contributed by atoms with E-state index in [0.29, 0.717) is 12.4 Å². The van der Waals surface area contributed by atoms with E-state index < -0.39 is 0 Å². The number of benzene rings is 2. The molecule has 2 heterocycles. The summed E-state index contributed by atoms with van der Waals surface area (Å²) < 4.78 is 5.52. The molecule has 1 aliphatic rings. The number of morpholine rings is 1. The van der Waals surface area contributed by atoms with Gasteiger partial charge in [0.1, 0.15) is 0 Å². The molecular weight excluding hydrogens is 384 g/mol. The van der Waals surface area contributed by atoms with E-state index in [1.54, 1.807) is 0 Å². The van der Waals surface area contributed by atoms with Crippen LogP contribution in [0.1, 0.15) is 28.8 Å². The van der Waals surface area contributed by atoms with Crippen molar-refractivity contribution in [2.75, 3.05) is 31.2 Å². The van der Waals surface area contributed by atoms with Crippen LogP contribution >= 0.6 is 0 Å². The molecule has 3 aromatic rings. The van der Waals surface area contributed by atoms with Crippen LogP contribution in [0.15, 0.2) is 77.0 Å². The Morgan fingerprint density at radius 3 is 2.52 bits per heavy atom. The Labute approximate surface area is 184 Å². The number of ether oxygens (including phenoxy) is 1. The highest BCUT2D eigenvalue weighted by Gasteiger charge is 2.13. The molecule has 5 nitrogen and oxygen atoms in total. The van der Waals surface area contributed by atoms with Crippen molar-refractivity contribution in [1.29, 1.82) is 0 Å². The zero-order valence-corrected chi connectivity index (χ0v) is 18.2. The largest absolute Gasteiger partial charge is 0.378 e. The zero-order chi connectivity index (χ0) is 21.3. The molecule has 0 atom stereocenters. The van der Waals surface area contributed by atoms with Crippen LogP contribution in [0.4, 0.5) is 11.5 Å². The molecule has 1 aliphatic heterocycles. The number of azo groups is 1. The van der Waals surface area contributed by atoms with Gasteiger partial charge in [0.15, 0.2) is 5.82 Å². The monoisotopic (exact) mass is 414 g/mol. The highest BCUT2D eigenvalue weighted by molar-refractivity contribution is 5.53. The van der Waals surface area contributed by atoms with Gasteiger partial charge in [0, 0.05) is 30.5 Å². The second kappa shape index (κ2) is 10.8. The van der Waals surface area contributed by atoms with E-state index in [2.05, 4.69) is 82.7 Å². The molecule has 2 aromatic carbocycles. The van der Waals surface area contributed by atoms with Gasteiger partial charge in [0.25, 0.3) is 0 Å². The van der Waals surface area contributed by atoms with Crippen molar-refractivity contribution in [2.24, 2.45) is 10.2 Å². The van der Waals surface area contributed by atoms with Crippen LogP contribution in [0.2, 0.25) is 0 Å². The number of nitrogens with zero attached hydrogens (tertiary/aromatic N) is 4. The minimum Gasteiger partial charge on any atom is -0.378 e. The third-order valence-corrected chi connectivity index (χ3v) is 5.48. The number of aromatic nitrogens is 1. The first kappa shape index (κ1) is 21.2. The first-order valence-corrected chi connectivity index (χ1v) is 11.1. The summed E-state index contributed by atoms with van der Waals surface area (Å²) in [5.41, 5.74) is 6.00. The van der Waals surface area contributed by atoms with Gasteiger partial charge < -0.3 is 9.64 Å². The number of rotatable bonds is 8. The third-order valence-electron chi connectivity index (χ3n) is 5.48. The lowest BCUT2D eigenvalue weighted by Crippen LogP contribution is -2.36. The zero-order valence-electron chi connectivity index (χ0n) is 18.2. The van der Waals surface area contributed by atoms with Crippen LogP contribution in [0.5, 0.6) is 0 Å². The molecular formula is C26H30N4O. The molecule has 4 rings (SSSR count). The van der Waals surface area contributed by atoms with Gasteiger partial charge in [0.05, 0.1) is 19.8 Å². The fraction of sp³-hybridized carbons (Fsp3) is 0.346. The summed E-state index contributed by atoms with van der Waals surface area (Å²) in [4.78, 5) is 7.14. The number of hydrogen-bond donors (Lipinski definition) is 0. The van der Waals surface area contributed by atoms with Crippen molar-refractivity contribution in [1.82, 2.24) is 4.98 Å². The predicted molar refractivity (Wildman–Crippen MR) is 125 cm³/mol. The quantitative estimate of drug-likeness (QED) is 0.445. The molecule has 0 amide bonds. The number of pyridine rings is 1. The highest BCUT2D eigenvalue weighted by Crippen LogP contribution is 2.24.